The van der Waals surface area contributed by atoms with Crippen LogP contribution in [0, 0.1) is 10.1 Å². The number of nitrogens with one attached hydrogen (secondary N) is 3. The van der Waals surface area contributed by atoms with Crippen molar-refractivity contribution in [1.82, 2.24) is 16.0 Å². The van der Waals surface area contributed by atoms with Crippen molar-refractivity contribution in [2.45, 2.75) is 0 Å². The van der Waals surface area contributed by atoms with Crippen molar-refractivity contribution >= 4 is 29.2 Å². The van der Waals surface area contributed by atoms with Crippen LogP contribution in [0.1, 0.15) is 5.56 Å². The number of nitrogens with zero attached hydrogens (tertiary/aromatic N) is 1. The first-order chi connectivity index (χ1) is 10.5. The number of hydrogen-bond acceptors (Lipinski definition) is 6. The molecule has 116 valence electrons. The molecule has 8 heteroatoms. The Morgan fingerprint density at radius 1 is 1.23 bits per heavy atom. The molecule has 0 aliphatic carbocycles. The topological polar surface area (TPSA) is 96.3 Å². The van der Waals surface area contributed by atoms with Gasteiger partial charge in [0.25, 0.3) is 0 Å². The van der Waals surface area contributed by atoms with Crippen molar-refractivity contribution in [3.05, 3.63) is 63.6 Å². The van der Waals surface area contributed by atoms with Gasteiger partial charge in [-0.15, -0.1) is 0 Å². The zero-order chi connectivity index (χ0) is 16.5. The molecule has 0 heterocycles. The van der Waals surface area contributed by atoms with Gasteiger partial charge in [-0.3, -0.25) is 14.9 Å². The average Bonchev–Trinajstić information content (AvgIpc) is 2.50. The van der Waals surface area contributed by atoms with E-state index in [2.05, 4.69) is 16.0 Å². The summed E-state index contributed by atoms with van der Waals surface area (Å²) in [4.78, 5) is 21.9. The van der Waals surface area contributed by atoms with Gasteiger partial charge in [-0.25, -0.2) is 0 Å². The molecular weight excluding hydrogens is 304 g/mol. The lowest BCUT2D eigenvalue weighted by Gasteiger charge is -2.08. The molecule has 0 atom stereocenters. The van der Waals surface area contributed by atoms with Gasteiger partial charge in [0.15, 0.2) is 10.8 Å². The van der Waals surface area contributed by atoms with Gasteiger partial charge in [0, 0.05) is 20.2 Å². The van der Waals surface area contributed by atoms with Crippen LogP contribution >= 0.6 is 12.2 Å². The van der Waals surface area contributed by atoms with E-state index in [1.54, 1.807) is 6.08 Å². The fourth-order valence-electron chi connectivity index (χ4n) is 1.60. The molecule has 0 radical (unpaired) electrons. The molecule has 0 saturated heterocycles. The summed E-state index contributed by atoms with van der Waals surface area (Å²) in [5, 5.41) is 18.6. The number of benzene rings is 1. The molecule has 0 unspecified atom stereocenters. The molecule has 0 saturated carbocycles. The van der Waals surface area contributed by atoms with Crippen LogP contribution in [-0.4, -0.2) is 29.9 Å². The number of nitro groups is 1. The monoisotopic (exact) mass is 320 g/mol. The second kappa shape index (κ2) is 8.53. The van der Waals surface area contributed by atoms with Crippen LogP contribution in [0.3, 0.4) is 0 Å². The summed E-state index contributed by atoms with van der Waals surface area (Å²) >= 11 is 4.92. The highest BCUT2D eigenvalue weighted by atomic mass is 32.1. The first kappa shape index (κ1) is 17.3. The Bertz CT molecular complexity index is 620. The molecule has 3 N–H and O–H groups in total. The average molecular weight is 320 g/mol. The summed E-state index contributed by atoms with van der Waals surface area (Å²) in [6.45, 7) is 0. The maximum absolute atomic E-state index is 11.8. The van der Waals surface area contributed by atoms with Crippen molar-refractivity contribution in [3.63, 3.8) is 0 Å². The minimum absolute atomic E-state index is 0.113. The summed E-state index contributed by atoms with van der Waals surface area (Å²) in [6.07, 6.45) is 2.85. The Labute approximate surface area is 133 Å². The van der Waals surface area contributed by atoms with E-state index in [-0.39, 0.29) is 10.8 Å². The van der Waals surface area contributed by atoms with Gasteiger partial charge in [0.1, 0.15) is 0 Å². The molecule has 1 rings (SSSR count). The molecule has 1 aromatic rings. The smallest absolute Gasteiger partial charge is 0.343 e. The zero-order valence-electron chi connectivity index (χ0n) is 12.1. The molecule has 0 aliphatic rings. The van der Waals surface area contributed by atoms with Gasteiger partial charge in [-0.2, -0.15) is 0 Å². The molecule has 0 aromatic heterocycles. The Balaban J connectivity index is 2.82. The van der Waals surface area contributed by atoms with Crippen molar-refractivity contribution < 1.29 is 9.72 Å². The molecule has 1 aromatic carbocycles. The van der Waals surface area contributed by atoms with Crippen LogP contribution in [0.2, 0.25) is 0 Å². The van der Waals surface area contributed by atoms with E-state index in [4.69, 9.17) is 12.2 Å². The third-order valence-electron chi connectivity index (χ3n) is 2.60. The third kappa shape index (κ3) is 4.98. The normalized spacial score (nSPS) is 9.91. The van der Waals surface area contributed by atoms with Crippen molar-refractivity contribution in [3.8, 4) is 0 Å². The van der Waals surface area contributed by atoms with Crippen molar-refractivity contribution in [2.24, 2.45) is 0 Å². The van der Waals surface area contributed by atoms with E-state index in [0.29, 0.717) is 0 Å². The summed E-state index contributed by atoms with van der Waals surface area (Å²) in [6, 6.07) is 9.18. The summed E-state index contributed by atoms with van der Waals surface area (Å²) in [5.41, 5.74) is 0.432. The van der Waals surface area contributed by atoms with Crippen LogP contribution in [0.5, 0.6) is 0 Å². The lowest BCUT2D eigenvalue weighted by atomic mass is 10.2. The summed E-state index contributed by atoms with van der Waals surface area (Å²) in [5.74, 6) is -0.429. The third-order valence-corrected chi connectivity index (χ3v) is 2.89. The highest BCUT2D eigenvalue weighted by molar-refractivity contribution is 7.80. The Kier molecular flexibility index (Phi) is 6.71. The van der Waals surface area contributed by atoms with Gasteiger partial charge in [0.05, 0.1) is 4.92 Å². The minimum Gasteiger partial charge on any atom is -0.369 e. The lowest BCUT2D eigenvalue weighted by Crippen LogP contribution is -2.36. The van der Waals surface area contributed by atoms with E-state index in [1.165, 1.54) is 20.2 Å². The molecule has 22 heavy (non-hydrogen) atoms. The second-order valence-corrected chi connectivity index (χ2v) is 4.45. The first-order valence-corrected chi connectivity index (χ1v) is 6.73. The van der Waals surface area contributed by atoms with Crippen LogP contribution in [0.15, 0.2) is 47.9 Å². The van der Waals surface area contributed by atoms with E-state index in [1.807, 2.05) is 30.3 Å². The zero-order valence-corrected chi connectivity index (χ0v) is 12.9. The minimum atomic E-state index is -0.661. The van der Waals surface area contributed by atoms with Gasteiger partial charge in [-0.1, -0.05) is 42.5 Å². The molecule has 7 nitrogen and oxygen atoms in total. The Morgan fingerprint density at radius 2 is 1.82 bits per heavy atom. The largest absolute Gasteiger partial charge is 0.369 e. The van der Waals surface area contributed by atoms with E-state index >= 15 is 0 Å². The number of carbonyl (C=O) groups excluding carboxylic acids is 1. The van der Waals surface area contributed by atoms with E-state index in [0.717, 1.165) is 5.56 Å². The molecule has 0 spiro atoms. The number of carbonyl (C=O) groups is 1. The fraction of sp³-hybridized carbons (Fsp3) is 0.143. The second-order valence-electron chi connectivity index (χ2n) is 4.04. The maximum atomic E-state index is 11.8. The first-order valence-electron chi connectivity index (χ1n) is 6.32. The maximum Gasteiger partial charge on any atom is 0.343 e. The predicted molar refractivity (Wildman–Crippen MR) is 88.4 cm³/mol. The van der Waals surface area contributed by atoms with E-state index in [9.17, 15) is 14.9 Å². The van der Waals surface area contributed by atoms with Crippen molar-refractivity contribution in [1.29, 1.82) is 0 Å². The Hall–Kier alpha value is -2.74. The molecule has 0 aliphatic heterocycles. The van der Waals surface area contributed by atoms with Crippen LogP contribution in [0.4, 0.5) is 0 Å². The molecule has 1 amide bonds. The number of amides is 1. The SMILES string of the molecule is CNC(NC)=C(C(=S)NC(=O)/C=C/c1ccccc1)[N+](=O)[O-]. The number of rotatable bonds is 6. The van der Waals surface area contributed by atoms with Gasteiger partial charge < -0.3 is 16.0 Å². The molecule has 0 bridgehead atoms. The highest BCUT2D eigenvalue weighted by Crippen LogP contribution is 2.03. The highest BCUT2D eigenvalue weighted by Gasteiger charge is 2.24. The Morgan fingerprint density at radius 3 is 2.32 bits per heavy atom. The standard InChI is InChI=1S/C14H16N4O3S/c1-15-13(16-2)12(18(20)21)14(22)17-11(19)9-8-10-6-4-3-5-7-10/h3-9,15-16H,1-2H3,(H,17,19,22)/b9-8+. The van der Waals surface area contributed by atoms with Crippen LogP contribution in [0.25, 0.3) is 6.08 Å². The summed E-state index contributed by atoms with van der Waals surface area (Å²) in [7, 11) is 3.02. The van der Waals surface area contributed by atoms with Crippen LogP contribution in [-0.2, 0) is 4.79 Å². The molecule has 0 fully saturated rings. The fourth-order valence-corrected chi connectivity index (χ4v) is 1.88. The van der Waals surface area contributed by atoms with Crippen LogP contribution < -0.4 is 16.0 Å². The quantitative estimate of drug-likeness (QED) is 0.313. The van der Waals surface area contributed by atoms with E-state index < -0.39 is 16.5 Å². The number of thiocarbonyl (C=S) groups is 1. The van der Waals surface area contributed by atoms with Gasteiger partial charge >= 0.3 is 5.70 Å². The summed E-state index contributed by atoms with van der Waals surface area (Å²) < 4.78 is 0. The lowest BCUT2D eigenvalue weighted by molar-refractivity contribution is -0.416. The molecular formula is C14H16N4O3S. The van der Waals surface area contributed by atoms with Crippen molar-refractivity contribution in [2.75, 3.05) is 14.1 Å². The number of hydrogen-bond donors (Lipinski definition) is 3. The predicted octanol–water partition coefficient (Wildman–Crippen LogP) is 1.03. The van der Waals surface area contributed by atoms with Gasteiger partial charge in [-0.05, 0) is 11.6 Å². The van der Waals surface area contributed by atoms with Gasteiger partial charge in [0.2, 0.25) is 5.91 Å².